The molecule has 11 aromatic rings. The molecule has 0 spiro atoms. The van der Waals surface area contributed by atoms with Crippen molar-refractivity contribution in [3.8, 4) is 45.3 Å². The Balaban J connectivity index is 1.06. The fourth-order valence-corrected chi connectivity index (χ4v) is 9.86. The van der Waals surface area contributed by atoms with Crippen LogP contribution in [0.4, 0.5) is 17.1 Å². The molecule has 0 saturated heterocycles. The summed E-state index contributed by atoms with van der Waals surface area (Å²) in [7, 11) is 0. The van der Waals surface area contributed by atoms with Gasteiger partial charge < -0.3 is 9.32 Å². The Morgan fingerprint density at radius 1 is 0.406 bits per heavy atom. The van der Waals surface area contributed by atoms with E-state index >= 15 is 0 Å². The van der Waals surface area contributed by atoms with Gasteiger partial charge in [-0.15, -0.1) is 0 Å². The second-order valence-electron chi connectivity index (χ2n) is 16.4. The zero-order chi connectivity index (χ0) is 42.6. The van der Waals surface area contributed by atoms with E-state index < -0.39 is 5.41 Å². The van der Waals surface area contributed by atoms with Gasteiger partial charge >= 0.3 is 0 Å². The lowest BCUT2D eigenvalue weighted by molar-refractivity contribution is 0.643. The molecule has 0 fully saturated rings. The number of aryl methyl sites for hydroxylation is 1. The second kappa shape index (κ2) is 15.2. The maximum atomic E-state index is 6.95. The average Bonchev–Trinajstić information content (AvgIpc) is 3.76. The van der Waals surface area contributed by atoms with Crippen molar-refractivity contribution >= 4 is 39.0 Å². The third kappa shape index (κ3) is 5.97. The number of para-hydroxylation sites is 4. The molecule has 1 aliphatic heterocycles. The number of fused-ring (bicyclic) bond motifs is 5. The van der Waals surface area contributed by atoms with E-state index in [1.807, 2.05) is 66.7 Å². The van der Waals surface area contributed by atoms with Crippen LogP contribution in [0.1, 0.15) is 27.8 Å². The Morgan fingerprint density at radius 2 is 0.891 bits per heavy atom. The van der Waals surface area contributed by atoms with Gasteiger partial charge in [0.15, 0.2) is 17.5 Å². The molecular formula is C59H40N4O. The van der Waals surface area contributed by atoms with E-state index in [4.69, 9.17) is 19.4 Å². The molecule has 0 bridgehead atoms. The molecule has 2 aromatic heterocycles. The minimum Gasteiger partial charge on any atom is -0.456 e. The van der Waals surface area contributed by atoms with Gasteiger partial charge in [0, 0.05) is 38.7 Å². The highest BCUT2D eigenvalue weighted by Gasteiger charge is 2.48. The summed E-state index contributed by atoms with van der Waals surface area (Å²) in [5.41, 5.74) is 15.2. The number of furan rings is 1. The van der Waals surface area contributed by atoms with E-state index in [1.54, 1.807) is 0 Å². The van der Waals surface area contributed by atoms with Crippen LogP contribution in [0.15, 0.2) is 229 Å². The first-order valence-corrected chi connectivity index (χ1v) is 21.7. The van der Waals surface area contributed by atoms with Crippen LogP contribution in [0, 0.1) is 6.92 Å². The Labute approximate surface area is 371 Å². The van der Waals surface area contributed by atoms with Gasteiger partial charge in [-0.2, -0.15) is 0 Å². The molecule has 3 heterocycles. The highest BCUT2D eigenvalue weighted by atomic mass is 16.3. The zero-order valence-corrected chi connectivity index (χ0v) is 35.1. The lowest BCUT2D eigenvalue weighted by atomic mass is 9.62. The van der Waals surface area contributed by atoms with E-state index in [0.717, 1.165) is 72.4 Å². The molecule has 0 aliphatic carbocycles. The highest BCUT2D eigenvalue weighted by molar-refractivity contribution is 6.07. The van der Waals surface area contributed by atoms with Crippen molar-refractivity contribution in [2.45, 2.75) is 12.3 Å². The summed E-state index contributed by atoms with van der Waals surface area (Å²) < 4.78 is 6.95. The molecule has 12 rings (SSSR count). The largest absolute Gasteiger partial charge is 0.456 e. The van der Waals surface area contributed by atoms with Crippen LogP contribution in [-0.2, 0) is 5.41 Å². The van der Waals surface area contributed by atoms with E-state index in [0.29, 0.717) is 17.5 Å². The van der Waals surface area contributed by atoms with Crippen LogP contribution in [0.2, 0.25) is 0 Å². The quantitative estimate of drug-likeness (QED) is 0.160. The van der Waals surface area contributed by atoms with E-state index in [2.05, 4.69) is 170 Å². The Bertz CT molecular complexity index is 3400. The molecule has 64 heavy (non-hydrogen) atoms. The normalized spacial score (nSPS) is 12.9. The smallest absolute Gasteiger partial charge is 0.164 e. The minimum absolute atomic E-state index is 0.617. The summed E-state index contributed by atoms with van der Waals surface area (Å²) in [6.45, 7) is 2.23. The molecule has 0 radical (unpaired) electrons. The molecule has 0 atom stereocenters. The van der Waals surface area contributed by atoms with Crippen LogP contribution in [0.25, 0.3) is 67.2 Å². The summed E-state index contributed by atoms with van der Waals surface area (Å²) in [4.78, 5) is 17.4. The number of nitrogens with zero attached hydrogens (tertiary/aromatic N) is 4. The summed E-state index contributed by atoms with van der Waals surface area (Å²) in [6, 6.07) is 79.2. The number of hydrogen-bond donors (Lipinski definition) is 0. The molecule has 1 aliphatic rings. The van der Waals surface area contributed by atoms with Crippen molar-refractivity contribution in [2.75, 3.05) is 4.90 Å². The predicted octanol–water partition coefficient (Wildman–Crippen LogP) is 14.9. The van der Waals surface area contributed by atoms with Gasteiger partial charge in [-0.05, 0) is 82.8 Å². The molecule has 0 N–H and O–H groups in total. The molecule has 0 amide bonds. The first kappa shape index (κ1) is 37.4. The molecule has 0 saturated carbocycles. The predicted molar refractivity (Wildman–Crippen MR) is 260 cm³/mol. The van der Waals surface area contributed by atoms with E-state index in [9.17, 15) is 0 Å². The lowest BCUT2D eigenvalue weighted by Gasteiger charge is -2.46. The number of anilines is 3. The molecule has 9 aromatic carbocycles. The van der Waals surface area contributed by atoms with Crippen LogP contribution in [0.5, 0.6) is 0 Å². The standard InChI is InChI=1S/C59H40N4O/c1-39-38-44(34-37-46(39)40-18-5-2-6-19-40)59(51-28-17-25-48-47-24-11-16-31-54(47)64-55(48)51)49-26-12-14-29-52(49)63(53-30-15-13-27-50(53)59)45-35-32-43(33-36-45)58-61-56(41-20-7-3-8-21-41)60-57(62-58)42-22-9-4-10-23-42/h2-38H,1H3. The summed E-state index contributed by atoms with van der Waals surface area (Å²) >= 11 is 0. The van der Waals surface area contributed by atoms with E-state index in [1.165, 1.54) is 22.3 Å². The fourth-order valence-electron chi connectivity index (χ4n) is 9.86. The van der Waals surface area contributed by atoms with Crippen LogP contribution in [0.3, 0.4) is 0 Å². The Morgan fingerprint density at radius 3 is 1.48 bits per heavy atom. The molecule has 5 nitrogen and oxygen atoms in total. The lowest BCUT2D eigenvalue weighted by Crippen LogP contribution is -2.38. The van der Waals surface area contributed by atoms with Gasteiger partial charge in [0.1, 0.15) is 11.2 Å². The Kier molecular flexibility index (Phi) is 8.87. The van der Waals surface area contributed by atoms with Crippen molar-refractivity contribution in [1.29, 1.82) is 0 Å². The van der Waals surface area contributed by atoms with Gasteiger partial charge in [0.05, 0.1) is 16.8 Å². The number of benzene rings is 9. The van der Waals surface area contributed by atoms with Gasteiger partial charge in [-0.1, -0.05) is 182 Å². The van der Waals surface area contributed by atoms with Gasteiger partial charge in [-0.3, -0.25) is 0 Å². The van der Waals surface area contributed by atoms with Crippen LogP contribution < -0.4 is 4.90 Å². The van der Waals surface area contributed by atoms with Crippen LogP contribution >= 0.6 is 0 Å². The first-order chi connectivity index (χ1) is 31.6. The number of aromatic nitrogens is 3. The SMILES string of the molecule is Cc1cc(C2(c3cccc4c3oc3ccccc34)c3ccccc3N(c3ccc(-c4nc(-c5ccccc5)nc(-c5ccccc5)n4)cc3)c3ccccc32)ccc1-c1ccccc1. The fraction of sp³-hybridized carbons (Fsp3) is 0.0339. The topological polar surface area (TPSA) is 55.1 Å². The monoisotopic (exact) mass is 820 g/mol. The maximum absolute atomic E-state index is 6.95. The van der Waals surface area contributed by atoms with Gasteiger partial charge in [0.25, 0.3) is 0 Å². The molecule has 0 unspecified atom stereocenters. The third-order valence-electron chi connectivity index (χ3n) is 12.7. The van der Waals surface area contributed by atoms with Crippen molar-refractivity contribution in [3.63, 3.8) is 0 Å². The van der Waals surface area contributed by atoms with Crippen LogP contribution in [-0.4, -0.2) is 15.0 Å². The summed E-state index contributed by atoms with van der Waals surface area (Å²) in [6.07, 6.45) is 0. The van der Waals surface area contributed by atoms with Crippen molar-refractivity contribution in [3.05, 3.63) is 252 Å². The van der Waals surface area contributed by atoms with Crippen molar-refractivity contribution in [2.24, 2.45) is 0 Å². The van der Waals surface area contributed by atoms with Gasteiger partial charge in [-0.25, -0.2) is 15.0 Å². The minimum atomic E-state index is -0.760. The van der Waals surface area contributed by atoms with Crippen molar-refractivity contribution < 1.29 is 4.42 Å². The molecule has 5 heteroatoms. The second-order valence-corrected chi connectivity index (χ2v) is 16.4. The summed E-state index contributed by atoms with van der Waals surface area (Å²) in [5.74, 6) is 1.89. The molecular weight excluding hydrogens is 781 g/mol. The molecule has 302 valence electrons. The maximum Gasteiger partial charge on any atom is 0.164 e. The highest BCUT2D eigenvalue weighted by Crippen LogP contribution is 2.59. The summed E-state index contributed by atoms with van der Waals surface area (Å²) in [5, 5.41) is 2.21. The van der Waals surface area contributed by atoms with E-state index in [-0.39, 0.29) is 0 Å². The average molecular weight is 821 g/mol. The third-order valence-corrected chi connectivity index (χ3v) is 12.7. The number of rotatable bonds is 7. The first-order valence-electron chi connectivity index (χ1n) is 21.7. The van der Waals surface area contributed by atoms with Gasteiger partial charge in [0.2, 0.25) is 0 Å². The number of hydrogen-bond acceptors (Lipinski definition) is 5. The zero-order valence-electron chi connectivity index (χ0n) is 35.1. The Hall–Kier alpha value is -8.41. The van der Waals surface area contributed by atoms with Crippen molar-refractivity contribution in [1.82, 2.24) is 15.0 Å².